The molecule has 11 heavy (non-hydrogen) atoms. The topological polar surface area (TPSA) is 24.4 Å². The third kappa shape index (κ3) is 1.55. The van der Waals surface area contributed by atoms with Crippen LogP contribution in [0.15, 0.2) is 4.99 Å². The molecule has 0 radical (unpaired) electrons. The SMILES string of the molecule is CCC(C)(C)C1N=CNC1C. The highest BCUT2D eigenvalue weighted by atomic mass is 15.1. The fourth-order valence-electron chi connectivity index (χ4n) is 1.55. The van der Waals surface area contributed by atoms with Crippen molar-refractivity contribution in [2.75, 3.05) is 0 Å². The summed E-state index contributed by atoms with van der Waals surface area (Å²) >= 11 is 0. The molecular weight excluding hydrogens is 136 g/mol. The second-order valence-electron chi connectivity index (χ2n) is 4.02. The van der Waals surface area contributed by atoms with E-state index in [2.05, 4.69) is 38.0 Å². The van der Waals surface area contributed by atoms with Crippen molar-refractivity contribution in [3.8, 4) is 0 Å². The molecule has 1 aliphatic rings. The second-order valence-corrected chi connectivity index (χ2v) is 4.02. The molecule has 2 atom stereocenters. The van der Waals surface area contributed by atoms with Crippen LogP contribution in [0.5, 0.6) is 0 Å². The minimum atomic E-state index is 0.333. The number of nitrogens with one attached hydrogen (secondary N) is 1. The van der Waals surface area contributed by atoms with Gasteiger partial charge in [0.15, 0.2) is 0 Å². The van der Waals surface area contributed by atoms with Crippen LogP contribution >= 0.6 is 0 Å². The van der Waals surface area contributed by atoms with Crippen LogP contribution in [0.4, 0.5) is 0 Å². The zero-order valence-electron chi connectivity index (χ0n) is 7.89. The van der Waals surface area contributed by atoms with Crippen LogP contribution in [0.1, 0.15) is 34.1 Å². The van der Waals surface area contributed by atoms with Crippen LogP contribution in [0.25, 0.3) is 0 Å². The van der Waals surface area contributed by atoms with Crippen LogP contribution in [0.2, 0.25) is 0 Å². The summed E-state index contributed by atoms with van der Waals surface area (Å²) in [5, 5.41) is 3.22. The molecule has 2 nitrogen and oxygen atoms in total. The molecule has 0 saturated carbocycles. The van der Waals surface area contributed by atoms with Gasteiger partial charge in [0.05, 0.1) is 12.4 Å². The van der Waals surface area contributed by atoms with Crippen molar-refractivity contribution in [1.82, 2.24) is 5.32 Å². The minimum absolute atomic E-state index is 0.333. The Balaban J connectivity index is 2.66. The average molecular weight is 154 g/mol. The van der Waals surface area contributed by atoms with Gasteiger partial charge in [-0.1, -0.05) is 20.8 Å². The molecule has 1 heterocycles. The van der Waals surface area contributed by atoms with E-state index in [0.29, 0.717) is 17.5 Å². The van der Waals surface area contributed by atoms with E-state index < -0.39 is 0 Å². The monoisotopic (exact) mass is 154 g/mol. The molecule has 0 aromatic heterocycles. The minimum Gasteiger partial charge on any atom is -0.372 e. The number of aliphatic imine (C=N–C) groups is 1. The molecule has 2 heteroatoms. The van der Waals surface area contributed by atoms with Gasteiger partial charge in [0, 0.05) is 6.04 Å². The molecule has 1 rings (SSSR count). The Morgan fingerprint density at radius 1 is 1.55 bits per heavy atom. The summed E-state index contributed by atoms with van der Waals surface area (Å²) in [5.41, 5.74) is 0.333. The summed E-state index contributed by atoms with van der Waals surface area (Å²) in [7, 11) is 0. The van der Waals surface area contributed by atoms with Crippen LogP contribution < -0.4 is 5.32 Å². The molecule has 0 bridgehead atoms. The molecule has 1 N–H and O–H groups in total. The molecule has 0 aliphatic carbocycles. The fourth-order valence-corrected chi connectivity index (χ4v) is 1.55. The van der Waals surface area contributed by atoms with Crippen molar-refractivity contribution in [3.05, 3.63) is 0 Å². The average Bonchev–Trinajstić information content (AvgIpc) is 2.36. The zero-order chi connectivity index (χ0) is 8.48. The van der Waals surface area contributed by atoms with Crippen molar-refractivity contribution >= 4 is 6.34 Å². The Hall–Kier alpha value is -0.530. The van der Waals surface area contributed by atoms with Crippen molar-refractivity contribution in [2.24, 2.45) is 10.4 Å². The van der Waals surface area contributed by atoms with E-state index in [1.807, 2.05) is 6.34 Å². The quantitative estimate of drug-likeness (QED) is 0.644. The van der Waals surface area contributed by atoms with Gasteiger partial charge in [0.1, 0.15) is 0 Å². The summed E-state index contributed by atoms with van der Waals surface area (Å²) in [6.45, 7) is 8.96. The van der Waals surface area contributed by atoms with Gasteiger partial charge in [-0.2, -0.15) is 0 Å². The van der Waals surface area contributed by atoms with Crippen LogP contribution in [0.3, 0.4) is 0 Å². The van der Waals surface area contributed by atoms with Crippen LogP contribution in [-0.4, -0.2) is 18.4 Å². The smallest absolute Gasteiger partial charge is 0.0831 e. The third-order valence-corrected chi connectivity index (χ3v) is 2.76. The lowest BCUT2D eigenvalue weighted by Crippen LogP contribution is -2.38. The van der Waals surface area contributed by atoms with Gasteiger partial charge in [0.2, 0.25) is 0 Å². The first-order valence-electron chi connectivity index (χ1n) is 4.35. The Labute approximate surface area is 69.1 Å². The first kappa shape index (κ1) is 8.57. The van der Waals surface area contributed by atoms with Gasteiger partial charge in [-0.3, -0.25) is 4.99 Å². The molecule has 1 aliphatic heterocycles. The molecular formula is C9H18N2. The highest BCUT2D eigenvalue weighted by Gasteiger charge is 2.33. The first-order valence-corrected chi connectivity index (χ1v) is 4.35. The van der Waals surface area contributed by atoms with E-state index in [0.717, 1.165) is 0 Å². The lowest BCUT2D eigenvalue weighted by molar-refractivity contribution is 0.255. The van der Waals surface area contributed by atoms with Crippen LogP contribution in [-0.2, 0) is 0 Å². The standard InChI is InChI=1S/C9H18N2/c1-5-9(3,4)8-7(2)10-6-11-8/h6-8H,5H2,1-4H3,(H,10,11). The fraction of sp³-hybridized carbons (Fsp3) is 0.889. The normalized spacial score (nSPS) is 30.5. The molecule has 0 aromatic carbocycles. The summed E-state index contributed by atoms with van der Waals surface area (Å²) in [6, 6.07) is 0.956. The van der Waals surface area contributed by atoms with E-state index in [4.69, 9.17) is 0 Å². The molecule has 0 fully saturated rings. The first-order chi connectivity index (χ1) is 5.08. The van der Waals surface area contributed by atoms with Crippen molar-refractivity contribution < 1.29 is 0 Å². The maximum Gasteiger partial charge on any atom is 0.0831 e. The van der Waals surface area contributed by atoms with Crippen molar-refractivity contribution in [1.29, 1.82) is 0 Å². The van der Waals surface area contributed by atoms with E-state index in [-0.39, 0.29) is 0 Å². The summed E-state index contributed by atoms with van der Waals surface area (Å²) in [4.78, 5) is 4.42. The number of nitrogens with zero attached hydrogens (tertiary/aromatic N) is 1. The molecule has 0 amide bonds. The largest absolute Gasteiger partial charge is 0.372 e. The lowest BCUT2D eigenvalue weighted by Gasteiger charge is -2.30. The van der Waals surface area contributed by atoms with Crippen LogP contribution in [0, 0.1) is 5.41 Å². The maximum absolute atomic E-state index is 4.42. The third-order valence-electron chi connectivity index (χ3n) is 2.76. The Morgan fingerprint density at radius 2 is 2.18 bits per heavy atom. The van der Waals surface area contributed by atoms with Gasteiger partial charge in [-0.05, 0) is 18.8 Å². The number of hydrogen-bond donors (Lipinski definition) is 1. The van der Waals surface area contributed by atoms with E-state index in [1.165, 1.54) is 6.42 Å². The Kier molecular flexibility index (Phi) is 2.21. The Morgan fingerprint density at radius 3 is 2.55 bits per heavy atom. The van der Waals surface area contributed by atoms with E-state index in [9.17, 15) is 0 Å². The molecule has 64 valence electrons. The predicted octanol–water partition coefficient (Wildman–Crippen LogP) is 1.81. The van der Waals surface area contributed by atoms with E-state index in [1.54, 1.807) is 0 Å². The zero-order valence-corrected chi connectivity index (χ0v) is 7.89. The highest BCUT2D eigenvalue weighted by molar-refractivity contribution is 5.58. The molecule has 2 unspecified atom stereocenters. The highest BCUT2D eigenvalue weighted by Crippen LogP contribution is 2.30. The van der Waals surface area contributed by atoms with Crippen molar-refractivity contribution in [3.63, 3.8) is 0 Å². The summed E-state index contributed by atoms with van der Waals surface area (Å²) in [5.74, 6) is 0. The van der Waals surface area contributed by atoms with E-state index >= 15 is 0 Å². The molecule has 0 saturated heterocycles. The lowest BCUT2D eigenvalue weighted by atomic mass is 9.79. The maximum atomic E-state index is 4.42. The predicted molar refractivity (Wildman–Crippen MR) is 48.9 cm³/mol. The summed E-state index contributed by atoms with van der Waals surface area (Å²) < 4.78 is 0. The molecule has 0 aromatic rings. The number of rotatable bonds is 2. The van der Waals surface area contributed by atoms with Crippen molar-refractivity contribution in [2.45, 2.75) is 46.2 Å². The Bertz CT molecular complexity index is 161. The second kappa shape index (κ2) is 2.84. The number of hydrogen-bond acceptors (Lipinski definition) is 2. The summed E-state index contributed by atoms with van der Waals surface area (Å²) in [6.07, 6.45) is 3.02. The van der Waals surface area contributed by atoms with Gasteiger partial charge < -0.3 is 5.32 Å². The van der Waals surface area contributed by atoms with Gasteiger partial charge >= 0.3 is 0 Å². The molecule has 0 spiro atoms. The van der Waals surface area contributed by atoms with Gasteiger partial charge in [-0.25, -0.2) is 0 Å². The van der Waals surface area contributed by atoms with Gasteiger partial charge in [-0.15, -0.1) is 0 Å². The van der Waals surface area contributed by atoms with Gasteiger partial charge in [0.25, 0.3) is 0 Å².